The Labute approximate surface area is 148 Å². The zero-order valence-electron chi connectivity index (χ0n) is 13.6. The first-order chi connectivity index (χ1) is 12.4. The van der Waals surface area contributed by atoms with Crippen LogP contribution in [0.1, 0.15) is 12.0 Å². The molecular weight excluding hydrogens is 348 g/mol. The Balaban J connectivity index is 1.87. The highest BCUT2D eigenvalue weighted by Crippen LogP contribution is 2.18. The van der Waals surface area contributed by atoms with Gasteiger partial charge < -0.3 is 15.2 Å². The summed E-state index contributed by atoms with van der Waals surface area (Å²) in [6, 6.07) is 7.73. The predicted octanol–water partition coefficient (Wildman–Crippen LogP) is 2.25. The van der Waals surface area contributed by atoms with Gasteiger partial charge >= 0.3 is 12.6 Å². The van der Waals surface area contributed by atoms with E-state index in [1.54, 1.807) is 24.5 Å². The van der Waals surface area contributed by atoms with Crippen LogP contribution in [-0.4, -0.2) is 34.6 Å². The van der Waals surface area contributed by atoms with E-state index in [9.17, 15) is 23.5 Å². The molecule has 26 heavy (non-hydrogen) atoms. The zero-order chi connectivity index (χ0) is 18.9. The quantitative estimate of drug-likeness (QED) is 0.630. The second-order valence-electron chi connectivity index (χ2n) is 5.29. The Hall–Kier alpha value is -3.07. The van der Waals surface area contributed by atoms with E-state index in [1.807, 2.05) is 0 Å². The number of alkyl halides is 2. The molecule has 0 spiro atoms. The number of carbonyl (C=O) groups excluding carboxylic acids is 1. The van der Waals surface area contributed by atoms with Gasteiger partial charge in [-0.2, -0.15) is 8.78 Å². The number of carbonyl (C=O) groups is 2. The van der Waals surface area contributed by atoms with Crippen LogP contribution in [0.4, 0.5) is 14.5 Å². The number of nitrogens with zero attached hydrogens (tertiary/aromatic N) is 1. The van der Waals surface area contributed by atoms with Crippen molar-refractivity contribution >= 4 is 17.6 Å². The SMILES string of the molecule is O=C(CC(NCc1cccnc1)C(=O)O)Nc1ccc(OC(F)F)cc1. The second-order valence-corrected chi connectivity index (χ2v) is 5.29. The van der Waals surface area contributed by atoms with Crippen molar-refractivity contribution in [2.75, 3.05) is 5.32 Å². The number of aromatic nitrogens is 1. The third-order valence-corrected chi connectivity index (χ3v) is 3.33. The molecule has 2 aromatic rings. The van der Waals surface area contributed by atoms with Crippen molar-refractivity contribution in [3.63, 3.8) is 0 Å². The molecule has 1 amide bonds. The Kier molecular flexibility index (Phi) is 6.98. The molecule has 0 aliphatic rings. The summed E-state index contributed by atoms with van der Waals surface area (Å²) in [7, 11) is 0. The summed E-state index contributed by atoms with van der Waals surface area (Å²) in [6.07, 6.45) is 2.89. The number of aliphatic carboxylic acids is 1. The van der Waals surface area contributed by atoms with E-state index in [1.165, 1.54) is 24.3 Å². The maximum atomic E-state index is 12.1. The minimum absolute atomic E-state index is 0.0421. The Morgan fingerprint density at radius 3 is 2.50 bits per heavy atom. The summed E-state index contributed by atoms with van der Waals surface area (Å²) in [4.78, 5) is 27.3. The van der Waals surface area contributed by atoms with Gasteiger partial charge in [0.1, 0.15) is 11.8 Å². The van der Waals surface area contributed by atoms with Crippen molar-refractivity contribution in [1.29, 1.82) is 0 Å². The van der Waals surface area contributed by atoms with Gasteiger partial charge in [-0.25, -0.2) is 0 Å². The number of carboxylic acid groups (broad SMARTS) is 1. The minimum atomic E-state index is -2.93. The molecular formula is C17H17F2N3O4. The van der Waals surface area contributed by atoms with E-state index in [-0.39, 0.29) is 18.7 Å². The van der Waals surface area contributed by atoms with Crippen LogP contribution in [0.5, 0.6) is 5.75 Å². The number of hydrogen-bond acceptors (Lipinski definition) is 5. The normalized spacial score (nSPS) is 11.8. The molecule has 0 radical (unpaired) electrons. The van der Waals surface area contributed by atoms with Crippen LogP contribution in [0, 0.1) is 0 Å². The van der Waals surface area contributed by atoms with E-state index >= 15 is 0 Å². The van der Waals surface area contributed by atoms with Gasteiger partial charge in [0.2, 0.25) is 5.91 Å². The minimum Gasteiger partial charge on any atom is -0.480 e. The molecule has 0 saturated heterocycles. The lowest BCUT2D eigenvalue weighted by Crippen LogP contribution is -2.39. The highest BCUT2D eigenvalue weighted by molar-refractivity contribution is 5.94. The number of halogens is 2. The first-order valence-corrected chi connectivity index (χ1v) is 7.64. The summed E-state index contributed by atoms with van der Waals surface area (Å²) in [5, 5.41) is 14.5. The molecule has 3 N–H and O–H groups in total. The number of rotatable bonds is 9. The summed E-state index contributed by atoms with van der Waals surface area (Å²) < 4.78 is 28.4. The maximum Gasteiger partial charge on any atom is 0.387 e. The van der Waals surface area contributed by atoms with Gasteiger partial charge in [-0.05, 0) is 35.9 Å². The highest BCUT2D eigenvalue weighted by atomic mass is 19.3. The fraction of sp³-hybridized carbons (Fsp3) is 0.235. The molecule has 1 aromatic carbocycles. The standard InChI is InChI=1S/C17H17F2N3O4/c18-17(19)26-13-5-3-12(4-6-13)22-15(23)8-14(16(24)25)21-10-11-2-1-7-20-9-11/h1-7,9,14,17,21H,8,10H2,(H,22,23)(H,24,25). The molecule has 7 nitrogen and oxygen atoms in total. The number of nitrogens with one attached hydrogen (secondary N) is 2. The van der Waals surface area contributed by atoms with Crippen molar-refractivity contribution in [1.82, 2.24) is 10.3 Å². The van der Waals surface area contributed by atoms with Gasteiger partial charge in [0, 0.05) is 24.6 Å². The average molecular weight is 365 g/mol. The molecule has 1 aromatic heterocycles. The Morgan fingerprint density at radius 1 is 1.19 bits per heavy atom. The summed E-state index contributed by atoms with van der Waals surface area (Å²) in [5.41, 5.74) is 1.13. The molecule has 1 atom stereocenters. The summed E-state index contributed by atoms with van der Waals surface area (Å²) in [5.74, 6) is -1.73. The lowest BCUT2D eigenvalue weighted by atomic mass is 10.1. The highest BCUT2D eigenvalue weighted by Gasteiger charge is 2.20. The summed E-state index contributed by atoms with van der Waals surface area (Å²) >= 11 is 0. The van der Waals surface area contributed by atoms with E-state index < -0.39 is 24.5 Å². The molecule has 0 fully saturated rings. The number of ether oxygens (including phenoxy) is 1. The molecule has 0 aliphatic carbocycles. The molecule has 9 heteroatoms. The van der Waals surface area contributed by atoms with Crippen LogP contribution in [0.15, 0.2) is 48.8 Å². The van der Waals surface area contributed by atoms with Gasteiger partial charge in [0.05, 0.1) is 6.42 Å². The van der Waals surface area contributed by atoms with E-state index in [2.05, 4.69) is 20.4 Å². The van der Waals surface area contributed by atoms with Crippen LogP contribution in [0.3, 0.4) is 0 Å². The molecule has 0 aliphatic heterocycles. The lowest BCUT2D eigenvalue weighted by Gasteiger charge is -2.14. The van der Waals surface area contributed by atoms with Gasteiger partial charge in [0.15, 0.2) is 0 Å². The van der Waals surface area contributed by atoms with Crippen molar-refractivity contribution in [2.45, 2.75) is 25.6 Å². The van der Waals surface area contributed by atoms with Crippen LogP contribution in [0.25, 0.3) is 0 Å². The smallest absolute Gasteiger partial charge is 0.387 e. The summed E-state index contributed by atoms with van der Waals surface area (Å²) in [6.45, 7) is -2.68. The largest absolute Gasteiger partial charge is 0.480 e. The van der Waals surface area contributed by atoms with Gasteiger partial charge in [-0.3, -0.25) is 19.9 Å². The number of pyridine rings is 1. The second kappa shape index (κ2) is 9.42. The molecule has 0 bridgehead atoms. The molecule has 0 saturated carbocycles. The molecule has 2 rings (SSSR count). The average Bonchev–Trinajstić information content (AvgIpc) is 2.60. The number of anilines is 1. The first-order valence-electron chi connectivity index (χ1n) is 7.64. The fourth-order valence-electron chi connectivity index (χ4n) is 2.11. The number of amides is 1. The number of hydrogen-bond donors (Lipinski definition) is 3. The monoisotopic (exact) mass is 365 g/mol. The van der Waals surface area contributed by atoms with Crippen molar-refractivity contribution in [3.05, 3.63) is 54.4 Å². The topological polar surface area (TPSA) is 101 Å². The number of carboxylic acids is 1. The van der Waals surface area contributed by atoms with Crippen LogP contribution in [-0.2, 0) is 16.1 Å². The van der Waals surface area contributed by atoms with Crippen LogP contribution >= 0.6 is 0 Å². The van der Waals surface area contributed by atoms with Crippen molar-refractivity contribution < 1.29 is 28.2 Å². The van der Waals surface area contributed by atoms with E-state index in [4.69, 9.17) is 0 Å². The lowest BCUT2D eigenvalue weighted by molar-refractivity contribution is -0.141. The third kappa shape index (κ3) is 6.44. The molecule has 1 unspecified atom stereocenters. The predicted molar refractivity (Wildman–Crippen MR) is 88.8 cm³/mol. The molecule has 1 heterocycles. The fourth-order valence-corrected chi connectivity index (χ4v) is 2.11. The zero-order valence-corrected chi connectivity index (χ0v) is 13.6. The van der Waals surface area contributed by atoms with Gasteiger partial charge in [-0.1, -0.05) is 6.07 Å². The van der Waals surface area contributed by atoms with Crippen molar-refractivity contribution in [2.24, 2.45) is 0 Å². The number of benzene rings is 1. The first kappa shape index (κ1) is 19.3. The molecule has 138 valence electrons. The Bertz CT molecular complexity index is 727. The van der Waals surface area contributed by atoms with Gasteiger partial charge in [-0.15, -0.1) is 0 Å². The van der Waals surface area contributed by atoms with E-state index in [0.29, 0.717) is 5.69 Å². The van der Waals surface area contributed by atoms with Crippen LogP contribution in [0.2, 0.25) is 0 Å². The maximum absolute atomic E-state index is 12.1. The van der Waals surface area contributed by atoms with Crippen molar-refractivity contribution in [3.8, 4) is 5.75 Å². The van der Waals surface area contributed by atoms with E-state index in [0.717, 1.165) is 5.56 Å². The van der Waals surface area contributed by atoms with Crippen LogP contribution < -0.4 is 15.4 Å². The Morgan fingerprint density at radius 2 is 1.92 bits per heavy atom. The third-order valence-electron chi connectivity index (χ3n) is 3.33. The van der Waals surface area contributed by atoms with Gasteiger partial charge in [0.25, 0.3) is 0 Å².